The number of amides is 1. The van der Waals surface area contributed by atoms with Crippen molar-refractivity contribution in [1.29, 1.82) is 0 Å². The summed E-state index contributed by atoms with van der Waals surface area (Å²) >= 11 is 0. The van der Waals surface area contributed by atoms with Crippen LogP contribution in [0, 0.1) is 0 Å². The van der Waals surface area contributed by atoms with Gasteiger partial charge in [0.25, 0.3) is 5.91 Å². The van der Waals surface area contributed by atoms with E-state index in [1.807, 2.05) is 6.92 Å². The second-order valence-electron chi connectivity index (χ2n) is 4.32. The van der Waals surface area contributed by atoms with Gasteiger partial charge in [0.05, 0.1) is 0 Å². The summed E-state index contributed by atoms with van der Waals surface area (Å²) in [4.78, 5) is 22.8. The summed E-state index contributed by atoms with van der Waals surface area (Å²) < 4.78 is 15.6. The molecule has 1 aliphatic heterocycles. The Kier molecular flexibility index (Phi) is 4.81. The van der Waals surface area contributed by atoms with Gasteiger partial charge in [-0.15, -0.1) is 0 Å². The number of rotatable bonds is 5. The number of benzene rings is 1. The number of carbonyl (C=O) groups is 2. The fourth-order valence-electron chi connectivity index (χ4n) is 1.74. The summed E-state index contributed by atoms with van der Waals surface area (Å²) in [6.45, 7) is 2.59. The highest BCUT2D eigenvalue weighted by Crippen LogP contribution is 2.32. The second-order valence-corrected chi connectivity index (χ2v) is 4.32. The van der Waals surface area contributed by atoms with Crippen molar-refractivity contribution >= 4 is 17.6 Å². The average molecular weight is 279 g/mol. The number of carbonyl (C=O) groups excluding carboxylic acids is 2. The van der Waals surface area contributed by atoms with Crippen molar-refractivity contribution < 1.29 is 23.8 Å². The van der Waals surface area contributed by atoms with E-state index in [1.54, 1.807) is 18.2 Å². The highest BCUT2D eigenvalue weighted by molar-refractivity contribution is 5.93. The van der Waals surface area contributed by atoms with E-state index in [9.17, 15) is 9.59 Å². The molecule has 0 radical (unpaired) electrons. The Hall–Kier alpha value is -2.24. The molecule has 1 aliphatic rings. The molecule has 1 heterocycles. The summed E-state index contributed by atoms with van der Waals surface area (Å²) in [5.74, 6) is 0.497. The molecule has 0 saturated heterocycles. The van der Waals surface area contributed by atoms with Gasteiger partial charge < -0.3 is 19.5 Å². The predicted octanol–water partition coefficient (Wildman–Crippen LogP) is 1.74. The van der Waals surface area contributed by atoms with Crippen LogP contribution in [0.5, 0.6) is 11.5 Å². The molecule has 2 rings (SSSR count). The number of hydrogen-bond donors (Lipinski definition) is 1. The van der Waals surface area contributed by atoms with Crippen LogP contribution < -0.4 is 14.8 Å². The number of hydrogen-bond acceptors (Lipinski definition) is 5. The third-order valence-electron chi connectivity index (χ3n) is 2.64. The highest BCUT2D eigenvalue weighted by atomic mass is 16.6. The maximum absolute atomic E-state index is 11.6. The fourth-order valence-corrected chi connectivity index (χ4v) is 1.74. The first-order valence-electron chi connectivity index (χ1n) is 6.54. The summed E-state index contributed by atoms with van der Waals surface area (Å²) in [5.41, 5.74) is 0.575. The fraction of sp³-hybridized carbons (Fsp3) is 0.429. The summed E-state index contributed by atoms with van der Waals surface area (Å²) in [7, 11) is 0. The molecule has 6 heteroatoms. The van der Waals surface area contributed by atoms with Gasteiger partial charge in [0, 0.05) is 18.2 Å². The standard InChI is InChI=1S/C14H17NO5/c1-2-3-14(17)20-9-13(16)15-10-4-5-11-12(8-10)19-7-6-18-11/h4-5,8H,2-3,6-7,9H2,1H3,(H,15,16). The first kappa shape index (κ1) is 14.2. The van der Waals surface area contributed by atoms with E-state index in [0.29, 0.717) is 43.2 Å². The van der Waals surface area contributed by atoms with Crippen LogP contribution in [0.4, 0.5) is 5.69 Å². The Labute approximate surface area is 117 Å². The zero-order valence-electron chi connectivity index (χ0n) is 11.3. The molecular weight excluding hydrogens is 262 g/mol. The lowest BCUT2D eigenvalue weighted by Crippen LogP contribution is -2.21. The number of ether oxygens (including phenoxy) is 3. The molecule has 1 amide bonds. The monoisotopic (exact) mass is 279 g/mol. The molecule has 1 N–H and O–H groups in total. The number of nitrogens with one attached hydrogen (secondary N) is 1. The SMILES string of the molecule is CCCC(=O)OCC(=O)Nc1ccc2c(c1)OCCO2. The molecule has 0 spiro atoms. The summed E-state index contributed by atoms with van der Waals surface area (Å²) in [6, 6.07) is 5.12. The third-order valence-corrected chi connectivity index (χ3v) is 2.64. The minimum absolute atomic E-state index is 0.284. The lowest BCUT2D eigenvalue weighted by molar-refractivity contribution is -0.147. The Morgan fingerprint density at radius 3 is 2.75 bits per heavy atom. The van der Waals surface area contributed by atoms with Crippen molar-refractivity contribution in [2.45, 2.75) is 19.8 Å². The summed E-state index contributed by atoms with van der Waals surface area (Å²) in [5, 5.41) is 2.64. The van der Waals surface area contributed by atoms with E-state index in [4.69, 9.17) is 14.2 Å². The summed E-state index contributed by atoms with van der Waals surface area (Å²) in [6.07, 6.45) is 1.01. The Morgan fingerprint density at radius 1 is 1.25 bits per heavy atom. The molecule has 0 bridgehead atoms. The lowest BCUT2D eigenvalue weighted by atomic mass is 10.2. The molecule has 0 saturated carbocycles. The van der Waals surface area contributed by atoms with Crippen molar-refractivity contribution in [2.24, 2.45) is 0 Å². The Morgan fingerprint density at radius 2 is 2.00 bits per heavy atom. The molecule has 1 aromatic carbocycles. The van der Waals surface area contributed by atoms with Gasteiger partial charge in [0.1, 0.15) is 13.2 Å². The molecule has 0 aromatic heterocycles. The van der Waals surface area contributed by atoms with Gasteiger partial charge >= 0.3 is 5.97 Å². The molecule has 0 aliphatic carbocycles. The topological polar surface area (TPSA) is 73.9 Å². The van der Waals surface area contributed by atoms with Crippen LogP contribution in [0.3, 0.4) is 0 Å². The normalized spacial score (nSPS) is 12.7. The van der Waals surface area contributed by atoms with Crippen LogP contribution in [0.2, 0.25) is 0 Å². The van der Waals surface area contributed by atoms with Crippen LogP contribution in [0.15, 0.2) is 18.2 Å². The van der Waals surface area contributed by atoms with Gasteiger partial charge in [-0.05, 0) is 18.6 Å². The second kappa shape index (κ2) is 6.79. The van der Waals surface area contributed by atoms with E-state index in [2.05, 4.69) is 5.32 Å². The van der Waals surface area contributed by atoms with Crippen molar-refractivity contribution in [3.63, 3.8) is 0 Å². The van der Waals surface area contributed by atoms with Crippen molar-refractivity contribution in [3.8, 4) is 11.5 Å². The first-order chi connectivity index (χ1) is 9.69. The molecule has 108 valence electrons. The van der Waals surface area contributed by atoms with E-state index in [1.165, 1.54) is 0 Å². The van der Waals surface area contributed by atoms with Gasteiger partial charge in [0.2, 0.25) is 0 Å². The predicted molar refractivity (Wildman–Crippen MR) is 71.9 cm³/mol. The Balaban J connectivity index is 1.86. The minimum Gasteiger partial charge on any atom is -0.486 e. The zero-order chi connectivity index (χ0) is 14.4. The van der Waals surface area contributed by atoms with Crippen LogP contribution in [-0.4, -0.2) is 31.7 Å². The van der Waals surface area contributed by atoms with E-state index >= 15 is 0 Å². The average Bonchev–Trinajstić information content (AvgIpc) is 2.45. The van der Waals surface area contributed by atoms with Gasteiger partial charge in [-0.2, -0.15) is 0 Å². The van der Waals surface area contributed by atoms with E-state index in [0.717, 1.165) is 0 Å². The maximum atomic E-state index is 11.6. The van der Waals surface area contributed by atoms with Crippen molar-refractivity contribution in [1.82, 2.24) is 0 Å². The lowest BCUT2D eigenvalue weighted by Gasteiger charge is -2.19. The first-order valence-corrected chi connectivity index (χ1v) is 6.54. The van der Waals surface area contributed by atoms with Crippen LogP contribution in [0.1, 0.15) is 19.8 Å². The van der Waals surface area contributed by atoms with Crippen LogP contribution >= 0.6 is 0 Å². The van der Waals surface area contributed by atoms with Gasteiger partial charge in [-0.3, -0.25) is 9.59 Å². The number of esters is 1. The van der Waals surface area contributed by atoms with Crippen LogP contribution in [0.25, 0.3) is 0 Å². The minimum atomic E-state index is -0.383. The van der Waals surface area contributed by atoms with E-state index < -0.39 is 0 Å². The third kappa shape index (κ3) is 3.88. The van der Waals surface area contributed by atoms with Crippen molar-refractivity contribution in [2.75, 3.05) is 25.1 Å². The van der Waals surface area contributed by atoms with Crippen molar-refractivity contribution in [3.05, 3.63) is 18.2 Å². The quantitative estimate of drug-likeness (QED) is 0.831. The van der Waals surface area contributed by atoms with Crippen LogP contribution in [-0.2, 0) is 14.3 Å². The van der Waals surface area contributed by atoms with Gasteiger partial charge in [-0.1, -0.05) is 6.92 Å². The number of anilines is 1. The molecule has 20 heavy (non-hydrogen) atoms. The number of fused-ring (bicyclic) bond motifs is 1. The highest BCUT2D eigenvalue weighted by Gasteiger charge is 2.13. The molecule has 0 atom stereocenters. The largest absolute Gasteiger partial charge is 0.486 e. The van der Waals surface area contributed by atoms with Gasteiger partial charge in [0.15, 0.2) is 18.1 Å². The maximum Gasteiger partial charge on any atom is 0.306 e. The van der Waals surface area contributed by atoms with E-state index in [-0.39, 0.29) is 18.5 Å². The zero-order valence-corrected chi connectivity index (χ0v) is 11.3. The van der Waals surface area contributed by atoms with Gasteiger partial charge in [-0.25, -0.2) is 0 Å². The molecule has 0 fully saturated rings. The molecule has 6 nitrogen and oxygen atoms in total. The smallest absolute Gasteiger partial charge is 0.306 e. The Bertz CT molecular complexity index is 500. The molecule has 0 unspecified atom stereocenters. The molecular formula is C14H17NO5. The molecule has 1 aromatic rings.